The Labute approximate surface area is 531 Å². The van der Waals surface area contributed by atoms with Crippen molar-refractivity contribution in [3.8, 4) is 0 Å². The highest BCUT2D eigenvalue weighted by atomic mass is 32.2. The molecular formula is C66H96N10O13S. The van der Waals surface area contributed by atoms with Crippen LogP contribution >= 0.6 is 0 Å². The molecule has 10 amide bonds. The van der Waals surface area contributed by atoms with Crippen molar-refractivity contribution in [3.63, 3.8) is 0 Å². The van der Waals surface area contributed by atoms with E-state index in [0.29, 0.717) is 54.6 Å². The number of hydrogen-bond acceptors (Lipinski definition) is 14. The number of carbonyl (C=O) groups is 10. The van der Waals surface area contributed by atoms with E-state index in [4.69, 9.17) is 10.5 Å². The van der Waals surface area contributed by atoms with Gasteiger partial charge in [-0.15, -0.1) is 0 Å². The normalized spacial score (nSPS) is 15.5. The molecule has 1 unspecified atom stereocenters. The number of amides is 10. The monoisotopic (exact) mass is 1270 g/mol. The van der Waals surface area contributed by atoms with Crippen LogP contribution in [-0.4, -0.2) is 129 Å². The Bertz CT molecular complexity index is 3130. The van der Waals surface area contributed by atoms with Crippen LogP contribution in [-0.2, 0) is 77.4 Å². The topological polar surface area (TPSA) is 331 Å². The number of Topliss-reactive ketones (excluding diaryl/α,β-unsaturated/α-hetero) is 1. The quantitative estimate of drug-likeness (QED) is 0.0177. The highest BCUT2D eigenvalue weighted by Gasteiger charge is 2.42. The van der Waals surface area contributed by atoms with Gasteiger partial charge in [-0.25, -0.2) is 22.7 Å². The Morgan fingerprint density at radius 2 is 1.40 bits per heavy atom. The third-order valence-electron chi connectivity index (χ3n) is 16.0. The summed E-state index contributed by atoms with van der Waals surface area (Å²) in [5.74, 6) is -5.31. The fraction of sp³-hybridized carbons (Fsp3) is 0.545. The molecule has 3 aromatic rings. The second kappa shape index (κ2) is 34.3. The molecule has 494 valence electrons. The first kappa shape index (κ1) is 74.5. The zero-order valence-corrected chi connectivity index (χ0v) is 55.4. The van der Waals surface area contributed by atoms with Crippen LogP contribution in [0.15, 0.2) is 90.5 Å². The van der Waals surface area contributed by atoms with Gasteiger partial charge in [0.05, 0.1) is 23.9 Å². The van der Waals surface area contributed by atoms with Gasteiger partial charge in [0.2, 0.25) is 45.5 Å². The first-order valence-electron chi connectivity index (χ1n) is 30.8. The van der Waals surface area contributed by atoms with E-state index < -0.39 is 80.6 Å². The summed E-state index contributed by atoms with van der Waals surface area (Å²) in [7, 11) is -0.918. The molecule has 24 heteroatoms. The lowest BCUT2D eigenvalue weighted by atomic mass is 9.76. The van der Waals surface area contributed by atoms with Crippen LogP contribution in [0, 0.1) is 29.1 Å². The first-order valence-corrected chi connectivity index (χ1v) is 32.4. The van der Waals surface area contributed by atoms with E-state index in [-0.39, 0.29) is 104 Å². The fourth-order valence-electron chi connectivity index (χ4n) is 10.6. The standard InChI is InChI=1S/C66H96N10O13S/c1-41(2)51(75(13)62(84)57(65(7,8)9)73-60(82)56(68-12)66(10,11)49-22-16-14-17-23-49)35-43(5)58(80)74-90(87,88)40-47-27-25-45(26-28-47)38-70-64(86)89-39-46-29-31-50(32-30-46)71-59(81)48(21-20-33-69-63(67)85)37-52(77)55(42(3)4)72-53(78)24-18-15-19-34-76-54(79)36-44(6)61(76)83/h14,16-17,22-23,25-32,35,41-42,44,48,51,55-57,68H,15,18-21,24,33-34,36-40H2,1-13H3,(H,70,86)(H,71,81)(H,72,78)(H,73,82)(H,74,80)(H3,67,69,85)/b43-35+/t44?,48-,51-,55+,56-,57-/m1/s1. The van der Waals surface area contributed by atoms with E-state index >= 15 is 0 Å². The number of rotatable bonds is 34. The van der Waals surface area contributed by atoms with E-state index in [2.05, 4.69) is 36.6 Å². The van der Waals surface area contributed by atoms with Crippen molar-refractivity contribution < 1.29 is 61.1 Å². The molecule has 1 fully saturated rings. The van der Waals surface area contributed by atoms with Crippen molar-refractivity contribution in [2.75, 3.05) is 32.5 Å². The van der Waals surface area contributed by atoms with Crippen molar-refractivity contribution in [1.29, 1.82) is 0 Å². The van der Waals surface area contributed by atoms with Crippen molar-refractivity contribution in [2.24, 2.45) is 34.8 Å². The molecule has 1 heterocycles. The number of unbranched alkanes of at least 4 members (excludes halogenated alkanes) is 2. The van der Waals surface area contributed by atoms with Crippen molar-refractivity contribution in [3.05, 3.63) is 113 Å². The Balaban J connectivity index is 1.26. The molecule has 1 saturated heterocycles. The number of carbonyl (C=O) groups excluding carboxylic acids is 10. The van der Waals surface area contributed by atoms with Crippen LogP contribution in [0.3, 0.4) is 0 Å². The molecule has 0 spiro atoms. The number of nitrogens with one attached hydrogen (secondary N) is 7. The van der Waals surface area contributed by atoms with Gasteiger partial charge in [-0.05, 0) is 91.3 Å². The van der Waals surface area contributed by atoms with Crippen molar-refractivity contribution in [1.82, 2.24) is 41.1 Å². The summed E-state index contributed by atoms with van der Waals surface area (Å²) in [6, 6.07) is 18.6. The third-order valence-corrected chi connectivity index (χ3v) is 17.2. The summed E-state index contributed by atoms with van der Waals surface area (Å²) >= 11 is 0. The largest absolute Gasteiger partial charge is 0.445 e. The highest BCUT2D eigenvalue weighted by molar-refractivity contribution is 7.89. The van der Waals surface area contributed by atoms with Crippen LogP contribution in [0.25, 0.3) is 0 Å². The number of sulfonamides is 1. The predicted molar refractivity (Wildman–Crippen MR) is 344 cm³/mol. The minimum absolute atomic E-state index is 0.0398. The maximum absolute atomic E-state index is 14.4. The number of alkyl carbamates (subject to hydrolysis) is 1. The van der Waals surface area contributed by atoms with E-state index in [1.165, 1.54) is 16.7 Å². The molecule has 3 aromatic carbocycles. The Kier molecular flexibility index (Phi) is 28.4. The molecule has 9 N–H and O–H groups in total. The smallest absolute Gasteiger partial charge is 0.407 e. The van der Waals surface area contributed by atoms with Gasteiger partial charge in [0, 0.05) is 74.5 Å². The zero-order valence-electron chi connectivity index (χ0n) is 54.6. The molecule has 0 saturated carbocycles. The number of nitrogens with two attached hydrogens (primary N) is 1. The summed E-state index contributed by atoms with van der Waals surface area (Å²) in [6.45, 7) is 20.4. The lowest BCUT2D eigenvalue weighted by molar-refractivity contribution is -0.141. The number of ketones is 1. The van der Waals surface area contributed by atoms with Gasteiger partial charge < -0.3 is 47.3 Å². The molecule has 0 aliphatic carbocycles. The maximum Gasteiger partial charge on any atom is 0.407 e. The number of anilines is 1. The molecule has 23 nitrogen and oxygen atoms in total. The number of nitrogens with zero attached hydrogens (tertiary/aromatic N) is 2. The first-order chi connectivity index (χ1) is 42.1. The second-order valence-electron chi connectivity index (χ2n) is 25.7. The summed E-state index contributed by atoms with van der Waals surface area (Å²) < 4.78 is 34.2. The molecule has 6 atom stereocenters. The van der Waals surface area contributed by atoms with Crippen LogP contribution in [0.1, 0.15) is 150 Å². The van der Waals surface area contributed by atoms with Crippen LogP contribution < -0.4 is 42.4 Å². The maximum atomic E-state index is 14.4. The average Bonchev–Trinajstić information content (AvgIpc) is 1.10. The number of urea groups is 1. The fourth-order valence-corrected chi connectivity index (χ4v) is 11.8. The molecular weight excluding hydrogens is 1170 g/mol. The Hall–Kier alpha value is -7.99. The number of imide groups is 1. The second-order valence-corrected chi connectivity index (χ2v) is 27.4. The lowest BCUT2D eigenvalue weighted by Gasteiger charge is -2.40. The Morgan fingerprint density at radius 3 is 1.97 bits per heavy atom. The van der Waals surface area contributed by atoms with E-state index in [1.54, 1.807) is 89.5 Å². The predicted octanol–water partition coefficient (Wildman–Crippen LogP) is 6.64. The summed E-state index contributed by atoms with van der Waals surface area (Å²) in [5, 5.41) is 17.0. The number of likely N-dealkylation sites (N-methyl/N-ethyl adjacent to an activating group) is 2. The summed E-state index contributed by atoms with van der Waals surface area (Å²) in [5.41, 5.74) is 6.85. The van der Waals surface area contributed by atoms with E-state index in [0.717, 1.165) is 5.56 Å². The summed E-state index contributed by atoms with van der Waals surface area (Å²) in [6.07, 6.45) is 3.14. The van der Waals surface area contributed by atoms with Crippen LogP contribution in [0.4, 0.5) is 15.3 Å². The molecule has 4 rings (SSSR count). The third kappa shape index (κ3) is 23.1. The van der Waals surface area contributed by atoms with Crippen molar-refractivity contribution >= 4 is 75.0 Å². The zero-order chi connectivity index (χ0) is 67.3. The van der Waals surface area contributed by atoms with Gasteiger partial charge in [-0.2, -0.15) is 0 Å². The minimum atomic E-state index is -4.21. The SMILES string of the molecule is CN[C@H](C(=O)N[C@H](C(=O)N(C)[C@H](/C=C(\C)C(=O)NS(=O)(=O)Cc1ccc(CNC(=O)OCc2ccc(NC(=O)[C@H](CCCNC(N)=O)CC(=O)[C@@H](NC(=O)CCCCCN3C(=O)CC(C)C3=O)C(C)C)cc2)cc1)C(C)C)C(C)(C)C)C(C)(C)c1ccccc1. The van der Waals surface area contributed by atoms with Crippen LogP contribution in [0.5, 0.6) is 0 Å². The lowest BCUT2D eigenvalue weighted by Crippen LogP contribution is -2.61. The molecule has 90 heavy (non-hydrogen) atoms. The number of hydrogen-bond donors (Lipinski definition) is 8. The van der Waals surface area contributed by atoms with Gasteiger partial charge in [0.15, 0.2) is 5.78 Å². The highest BCUT2D eigenvalue weighted by Crippen LogP contribution is 2.30. The van der Waals surface area contributed by atoms with Gasteiger partial charge in [0.25, 0.3) is 5.91 Å². The summed E-state index contributed by atoms with van der Waals surface area (Å²) in [4.78, 5) is 133. The Morgan fingerprint density at radius 1 is 0.778 bits per heavy atom. The number of primary amides is 1. The van der Waals surface area contributed by atoms with Crippen LogP contribution in [0.2, 0.25) is 0 Å². The number of ether oxygens (including phenoxy) is 1. The van der Waals surface area contributed by atoms with Gasteiger partial charge >= 0.3 is 12.1 Å². The van der Waals surface area contributed by atoms with Gasteiger partial charge in [0.1, 0.15) is 12.6 Å². The molecule has 1 aliphatic rings. The molecule has 0 bridgehead atoms. The molecule has 1 aliphatic heterocycles. The number of likely N-dealkylation sites (tertiary alicyclic amines) is 1. The molecule has 0 aromatic heterocycles. The molecule has 0 radical (unpaired) electrons. The number of benzene rings is 3. The van der Waals surface area contributed by atoms with E-state index in [9.17, 15) is 56.4 Å². The average molecular weight is 1270 g/mol. The van der Waals surface area contributed by atoms with Gasteiger partial charge in [-0.3, -0.25) is 43.3 Å². The van der Waals surface area contributed by atoms with Gasteiger partial charge in [-0.1, -0.05) is 148 Å². The van der Waals surface area contributed by atoms with E-state index in [1.807, 2.05) is 78.8 Å². The minimum Gasteiger partial charge on any atom is -0.445 e. The van der Waals surface area contributed by atoms with Crippen molar-refractivity contribution in [2.45, 2.75) is 176 Å².